The molecule has 104 valence electrons. The van der Waals surface area contributed by atoms with Crippen LogP contribution in [0.4, 0.5) is 0 Å². The molecule has 0 spiro atoms. The molecule has 1 aromatic rings. The van der Waals surface area contributed by atoms with Gasteiger partial charge in [0.2, 0.25) is 0 Å². The molecule has 19 heavy (non-hydrogen) atoms. The molecule has 2 atom stereocenters. The Morgan fingerprint density at radius 1 is 1.16 bits per heavy atom. The summed E-state index contributed by atoms with van der Waals surface area (Å²) in [5.41, 5.74) is 1.44. The fourth-order valence-corrected chi connectivity index (χ4v) is 3.81. The monoisotopic (exact) mass is 259 g/mol. The van der Waals surface area contributed by atoms with Crippen LogP contribution in [0, 0.1) is 5.92 Å². The van der Waals surface area contributed by atoms with E-state index in [4.69, 9.17) is 4.74 Å². The van der Waals surface area contributed by atoms with E-state index in [2.05, 4.69) is 23.5 Å². The Morgan fingerprint density at radius 2 is 2.00 bits per heavy atom. The van der Waals surface area contributed by atoms with Gasteiger partial charge >= 0.3 is 0 Å². The Kier molecular flexibility index (Phi) is 4.07. The van der Waals surface area contributed by atoms with Crippen LogP contribution in [0.1, 0.15) is 50.0 Å². The van der Waals surface area contributed by atoms with Crippen LogP contribution in [-0.2, 0) is 0 Å². The SMILES string of the molecule is COc1cccc(C2CNC(C3CCCCC3)C2)c1. The van der Waals surface area contributed by atoms with Gasteiger partial charge in [0.25, 0.3) is 0 Å². The van der Waals surface area contributed by atoms with Crippen molar-refractivity contribution in [3.63, 3.8) is 0 Å². The van der Waals surface area contributed by atoms with Crippen LogP contribution in [0.25, 0.3) is 0 Å². The van der Waals surface area contributed by atoms with Gasteiger partial charge in [-0.05, 0) is 48.8 Å². The number of hydrogen-bond acceptors (Lipinski definition) is 2. The molecule has 1 heterocycles. The van der Waals surface area contributed by atoms with Gasteiger partial charge < -0.3 is 10.1 Å². The first-order valence-corrected chi connectivity index (χ1v) is 7.74. The number of ether oxygens (including phenoxy) is 1. The Labute approximate surface area is 116 Å². The van der Waals surface area contributed by atoms with Gasteiger partial charge in [0.1, 0.15) is 5.75 Å². The quantitative estimate of drug-likeness (QED) is 0.893. The molecule has 1 aliphatic carbocycles. The fraction of sp³-hybridized carbons (Fsp3) is 0.647. The first-order valence-electron chi connectivity index (χ1n) is 7.74. The molecule has 0 aromatic heterocycles. The molecule has 2 nitrogen and oxygen atoms in total. The van der Waals surface area contributed by atoms with Gasteiger partial charge in [-0.2, -0.15) is 0 Å². The normalized spacial score (nSPS) is 28.5. The predicted octanol–water partition coefficient (Wildman–Crippen LogP) is 3.72. The molecule has 0 amide bonds. The van der Waals surface area contributed by atoms with Crippen molar-refractivity contribution in [1.82, 2.24) is 5.32 Å². The van der Waals surface area contributed by atoms with Crippen molar-refractivity contribution in [2.45, 2.75) is 50.5 Å². The van der Waals surface area contributed by atoms with Crippen molar-refractivity contribution >= 4 is 0 Å². The van der Waals surface area contributed by atoms with E-state index >= 15 is 0 Å². The van der Waals surface area contributed by atoms with E-state index in [1.807, 2.05) is 6.07 Å². The molecule has 0 radical (unpaired) electrons. The number of benzene rings is 1. The van der Waals surface area contributed by atoms with E-state index < -0.39 is 0 Å². The summed E-state index contributed by atoms with van der Waals surface area (Å²) in [7, 11) is 1.75. The second-order valence-corrected chi connectivity index (χ2v) is 6.12. The van der Waals surface area contributed by atoms with Crippen molar-refractivity contribution in [2.75, 3.05) is 13.7 Å². The Bertz CT molecular complexity index is 411. The molecule has 2 fully saturated rings. The smallest absolute Gasteiger partial charge is 0.119 e. The molecular weight excluding hydrogens is 234 g/mol. The minimum atomic E-state index is 0.669. The third-order valence-electron chi connectivity index (χ3n) is 4.95. The topological polar surface area (TPSA) is 21.3 Å². The number of methoxy groups -OCH3 is 1. The van der Waals surface area contributed by atoms with Gasteiger partial charge in [0.05, 0.1) is 7.11 Å². The van der Waals surface area contributed by atoms with Gasteiger partial charge in [-0.3, -0.25) is 0 Å². The van der Waals surface area contributed by atoms with E-state index in [9.17, 15) is 0 Å². The van der Waals surface area contributed by atoms with Crippen molar-refractivity contribution < 1.29 is 4.74 Å². The molecule has 1 saturated heterocycles. The van der Waals surface area contributed by atoms with E-state index in [-0.39, 0.29) is 0 Å². The zero-order valence-corrected chi connectivity index (χ0v) is 11.9. The number of nitrogens with one attached hydrogen (secondary N) is 1. The molecule has 1 aliphatic heterocycles. The number of hydrogen-bond donors (Lipinski definition) is 1. The first kappa shape index (κ1) is 13.0. The molecule has 2 aliphatic rings. The van der Waals surface area contributed by atoms with Gasteiger partial charge in [-0.15, -0.1) is 0 Å². The van der Waals surface area contributed by atoms with Crippen LogP contribution in [-0.4, -0.2) is 19.7 Å². The molecule has 1 N–H and O–H groups in total. The minimum absolute atomic E-state index is 0.669. The standard InChI is InChI=1S/C17H25NO/c1-19-16-9-5-8-14(10-16)15-11-17(18-12-15)13-6-3-2-4-7-13/h5,8-10,13,15,17-18H,2-4,6-7,11-12H2,1H3. The average molecular weight is 259 g/mol. The van der Waals surface area contributed by atoms with Crippen molar-refractivity contribution in [3.8, 4) is 5.75 Å². The Morgan fingerprint density at radius 3 is 2.79 bits per heavy atom. The highest BCUT2D eigenvalue weighted by Crippen LogP contribution is 2.35. The van der Waals surface area contributed by atoms with Gasteiger partial charge in [0.15, 0.2) is 0 Å². The Hall–Kier alpha value is -1.02. The summed E-state index contributed by atoms with van der Waals surface area (Å²) in [6, 6.07) is 9.34. The summed E-state index contributed by atoms with van der Waals surface area (Å²) >= 11 is 0. The van der Waals surface area contributed by atoms with Crippen LogP contribution in [0.3, 0.4) is 0 Å². The van der Waals surface area contributed by atoms with Crippen LogP contribution < -0.4 is 10.1 Å². The molecule has 1 aromatic carbocycles. The maximum atomic E-state index is 5.34. The average Bonchev–Trinajstić information content (AvgIpc) is 2.98. The van der Waals surface area contributed by atoms with Crippen molar-refractivity contribution in [2.24, 2.45) is 5.92 Å². The molecule has 2 unspecified atom stereocenters. The van der Waals surface area contributed by atoms with Gasteiger partial charge in [0, 0.05) is 12.6 Å². The lowest BCUT2D eigenvalue weighted by Crippen LogP contribution is -2.31. The number of rotatable bonds is 3. The van der Waals surface area contributed by atoms with Crippen LogP contribution in [0.2, 0.25) is 0 Å². The first-order chi connectivity index (χ1) is 9.36. The van der Waals surface area contributed by atoms with Crippen molar-refractivity contribution in [3.05, 3.63) is 29.8 Å². The van der Waals surface area contributed by atoms with Crippen LogP contribution >= 0.6 is 0 Å². The third-order valence-corrected chi connectivity index (χ3v) is 4.95. The summed E-state index contributed by atoms with van der Waals surface area (Å²) in [5.74, 6) is 2.57. The fourth-order valence-electron chi connectivity index (χ4n) is 3.81. The van der Waals surface area contributed by atoms with E-state index in [1.165, 1.54) is 44.1 Å². The van der Waals surface area contributed by atoms with E-state index in [1.54, 1.807) is 7.11 Å². The third kappa shape index (κ3) is 2.94. The zero-order chi connectivity index (χ0) is 13.1. The minimum Gasteiger partial charge on any atom is -0.497 e. The summed E-state index contributed by atoms with van der Waals surface area (Å²) in [6.07, 6.45) is 8.49. The summed E-state index contributed by atoms with van der Waals surface area (Å²) in [4.78, 5) is 0. The summed E-state index contributed by atoms with van der Waals surface area (Å²) in [6.45, 7) is 1.13. The van der Waals surface area contributed by atoms with Gasteiger partial charge in [-0.25, -0.2) is 0 Å². The maximum absolute atomic E-state index is 5.34. The van der Waals surface area contributed by atoms with E-state index in [0.29, 0.717) is 5.92 Å². The highest BCUT2D eigenvalue weighted by Gasteiger charge is 2.31. The molecular formula is C17H25NO. The highest BCUT2D eigenvalue weighted by atomic mass is 16.5. The molecule has 0 bridgehead atoms. The predicted molar refractivity (Wildman–Crippen MR) is 78.7 cm³/mol. The van der Waals surface area contributed by atoms with Crippen molar-refractivity contribution in [1.29, 1.82) is 0 Å². The lowest BCUT2D eigenvalue weighted by atomic mass is 9.81. The molecule has 3 rings (SSSR count). The largest absolute Gasteiger partial charge is 0.497 e. The lowest BCUT2D eigenvalue weighted by Gasteiger charge is -2.27. The highest BCUT2D eigenvalue weighted by molar-refractivity contribution is 5.31. The van der Waals surface area contributed by atoms with Crippen LogP contribution in [0.5, 0.6) is 5.75 Å². The second-order valence-electron chi connectivity index (χ2n) is 6.12. The lowest BCUT2D eigenvalue weighted by molar-refractivity contribution is 0.286. The van der Waals surface area contributed by atoms with Crippen LogP contribution in [0.15, 0.2) is 24.3 Å². The van der Waals surface area contributed by atoms with Gasteiger partial charge in [-0.1, -0.05) is 31.4 Å². The maximum Gasteiger partial charge on any atom is 0.119 e. The summed E-state index contributed by atoms with van der Waals surface area (Å²) < 4.78 is 5.34. The van der Waals surface area contributed by atoms with E-state index in [0.717, 1.165) is 24.3 Å². The molecule has 1 saturated carbocycles. The molecule has 2 heteroatoms. The zero-order valence-electron chi connectivity index (χ0n) is 11.9. The second kappa shape index (κ2) is 5.96. The Balaban J connectivity index is 1.64. The summed E-state index contributed by atoms with van der Waals surface area (Å²) in [5, 5.41) is 3.77.